The third-order valence-electron chi connectivity index (χ3n) is 4.25. The van der Waals surface area contributed by atoms with Gasteiger partial charge in [-0.05, 0) is 18.4 Å². The Morgan fingerprint density at radius 2 is 2.05 bits per heavy atom. The lowest BCUT2D eigenvalue weighted by Gasteiger charge is -2.29. The minimum absolute atomic E-state index is 0.104. The smallest absolute Gasteiger partial charge is 0.258 e. The first kappa shape index (κ1) is 12.7. The number of benzene rings is 1. The molecule has 1 saturated heterocycles. The van der Waals surface area contributed by atoms with E-state index in [1.165, 1.54) is 11.1 Å². The highest BCUT2D eigenvalue weighted by Crippen LogP contribution is 2.42. The minimum Gasteiger partial charge on any atom is -0.350 e. The SMILES string of the molecule is [C-]#[N+]C1(CCC2OCCO2)CCCc2ccccc21. The second-order valence-corrected chi connectivity index (χ2v) is 5.36. The summed E-state index contributed by atoms with van der Waals surface area (Å²) in [6, 6.07) is 8.41. The molecule has 0 N–H and O–H groups in total. The van der Waals surface area contributed by atoms with Crippen LogP contribution in [0.15, 0.2) is 24.3 Å². The Labute approximate surface area is 114 Å². The van der Waals surface area contributed by atoms with Gasteiger partial charge < -0.3 is 14.3 Å². The molecule has 1 atom stereocenters. The van der Waals surface area contributed by atoms with Gasteiger partial charge in [-0.25, -0.2) is 6.57 Å². The highest BCUT2D eigenvalue weighted by molar-refractivity contribution is 5.38. The average Bonchev–Trinajstić information content (AvgIpc) is 2.98. The lowest BCUT2D eigenvalue weighted by Crippen LogP contribution is -2.29. The van der Waals surface area contributed by atoms with Gasteiger partial charge in [0.1, 0.15) is 0 Å². The van der Waals surface area contributed by atoms with Crippen LogP contribution in [0.2, 0.25) is 0 Å². The van der Waals surface area contributed by atoms with Crippen molar-refractivity contribution in [3.8, 4) is 0 Å². The summed E-state index contributed by atoms with van der Waals surface area (Å²) in [5, 5.41) is 0. The molecule has 1 fully saturated rings. The Bertz CT molecular complexity index is 488. The van der Waals surface area contributed by atoms with Crippen LogP contribution in [0.5, 0.6) is 0 Å². The maximum Gasteiger partial charge on any atom is 0.258 e. The van der Waals surface area contributed by atoms with Gasteiger partial charge in [-0.15, -0.1) is 0 Å². The fourth-order valence-electron chi connectivity index (χ4n) is 3.26. The number of rotatable bonds is 3. The Hall–Kier alpha value is -1.37. The van der Waals surface area contributed by atoms with Crippen LogP contribution in [0.25, 0.3) is 4.85 Å². The van der Waals surface area contributed by atoms with Gasteiger partial charge in [0, 0.05) is 24.8 Å². The molecule has 1 unspecified atom stereocenters. The van der Waals surface area contributed by atoms with E-state index in [9.17, 15) is 0 Å². The van der Waals surface area contributed by atoms with Crippen molar-refractivity contribution >= 4 is 0 Å². The van der Waals surface area contributed by atoms with Gasteiger partial charge in [0.25, 0.3) is 5.54 Å². The second-order valence-electron chi connectivity index (χ2n) is 5.36. The van der Waals surface area contributed by atoms with Crippen LogP contribution < -0.4 is 0 Å². The second kappa shape index (κ2) is 5.32. The van der Waals surface area contributed by atoms with Crippen LogP contribution in [-0.4, -0.2) is 19.5 Å². The van der Waals surface area contributed by atoms with Crippen LogP contribution in [0.4, 0.5) is 0 Å². The van der Waals surface area contributed by atoms with Crippen LogP contribution in [0.3, 0.4) is 0 Å². The highest BCUT2D eigenvalue weighted by Gasteiger charge is 2.43. The number of aryl methyl sites for hydroxylation is 1. The number of fused-ring (bicyclic) bond motifs is 1. The Morgan fingerprint density at radius 3 is 2.84 bits per heavy atom. The molecule has 1 aliphatic carbocycles. The molecule has 3 heteroatoms. The third-order valence-corrected chi connectivity index (χ3v) is 4.25. The van der Waals surface area contributed by atoms with Gasteiger partial charge >= 0.3 is 0 Å². The first-order valence-corrected chi connectivity index (χ1v) is 7.04. The summed E-state index contributed by atoms with van der Waals surface area (Å²) in [5.74, 6) is 0. The highest BCUT2D eigenvalue weighted by atomic mass is 16.7. The molecule has 0 spiro atoms. The average molecular weight is 257 g/mol. The molecule has 3 rings (SSSR count). The molecular weight excluding hydrogens is 238 g/mol. The molecule has 1 heterocycles. The molecule has 1 aliphatic heterocycles. The molecule has 2 aliphatic rings. The van der Waals surface area contributed by atoms with Crippen molar-refractivity contribution in [1.29, 1.82) is 0 Å². The van der Waals surface area contributed by atoms with Crippen molar-refractivity contribution in [2.24, 2.45) is 0 Å². The van der Waals surface area contributed by atoms with E-state index in [-0.39, 0.29) is 11.8 Å². The zero-order valence-corrected chi connectivity index (χ0v) is 11.1. The minimum atomic E-state index is -0.357. The van der Waals surface area contributed by atoms with Gasteiger partial charge in [0.05, 0.1) is 13.2 Å². The summed E-state index contributed by atoms with van der Waals surface area (Å²) >= 11 is 0. The zero-order chi connectivity index (χ0) is 13.1. The molecule has 19 heavy (non-hydrogen) atoms. The van der Waals surface area contributed by atoms with Crippen LogP contribution in [0, 0.1) is 6.57 Å². The topological polar surface area (TPSA) is 22.8 Å². The molecule has 0 radical (unpaired) electrons. The molecule has 1 aromatic carbocycles. The predicted octanol–water partition coefficient (Wildman–Crippen LogP) is 3.29. The third kappa shape index (κ3) is 2.39. The van der Waals surface area contributed by atoms with Crippen molar-refractivity contribution in [1.82, 2.24) is 0 Å². The largest absolute Gasteiger partial charge is 0.350 e. The molecular formula is C16H19NO2. The Kier molecular flexibility index (Phi) is 3.54. The van der Waals surface area contributed by atoms with E-state index >= 15 is 0 Å². The molecule has 0 saturated carbocycles. The molecule has 100 valence electrons. The van der Waals surface area contributed by atoms with Gasteiger partial charge in [-0.3, -0.25) is 0 Å². The van der Waals surface area contributed by atoms with Crippen molar-refractivity contribution in [2.75, 3.05) is 13.2 Å². The number of hydrogen-bond donors (Lipinski definition) is 0. The van der Waals surface area contributed by atoms with Gasteiger partial charge in [-0.1, -0.05) is 24.3 Å². The Balaban J connectivity index is 1.81. The number of ether oxygens (including phenoxy) is 2. The van der Waals surface area contributed by atoms with Crippen LogP contribution in [0.1, 0.15) is 36.8 Å². The summed E-state index contributed by atoms with van der Waals surface area (Å²) in [4.78, 5) is 4.02. The van der Waals surface area contributed by atoms with E-state index in [2.05, 4.69) is 23.0 Å². The quantitative estimate of drug-likeness (QED) is 0.775. The number of hydrogen-bond acceptors (Lipinski definition) is 2. The normalized spacial score (nSPS) is 26.9. The van der Waals surface area contributed by atoms with Crippen molar-refractivity contribution < 1.29 is 9.47 Å². The van der Waals surface area contributed by atoms with Gasteiger partial charge in [-0.2, -0.15) is 0 Å². The van der Waals surface area contributed by atoms with Crippen molar-refractivity contribution in [2.45, 2.75) is 43.9 Å². The predicted molar refractivity (Wildman–Crippen MR) is 72.6 cm³/mol. The standard InChI is InChI=1S/C16H19NO2/c1-17-16(10-8-15-18-11-12-19-15)9-4-6-13-5-2-3-7-14(13)16/h2-3,5,7,15H,4,6,8-12H2. The maximum absolute atomic E-state index is 7.69. The summed E-state index contributed by atoms with van der Waals surface area (Å²) in [6.07, 6.45) is 4.71. The summed E-state index contributed by atoms with van der Waals surface area (Å²) in [7, 11) is 0. The van der Waals surface area contributed by atoms with Crippen molar-refractivity contribution in [3.63, 3.8) is 0 Å². The van der Waals surface area contributed by atoms with E-state index in [1.807, 2.05) is 6.07 Å². The lowest BCUT2D eigenvalue weighted by molar-refractivity contribution is -0.0506. The molecule has 0 bridgehead atoms. The van der Waals surface area contributed by atoms with Crippen LogP contribution >= 0.6 is 0 Å². The molecule has 0 aromatic heterocycles. The van der Waals surface area contributed by atoms with Crippen molar-refractivity contribution in [3.05, 3.63) is 46.8 Å². The fourth-order valence-corrected chi connectivity index (χ4v) is 3.26. The summed E-state index contributed by atoms with van der Waals surface area (Å²) in [6.45, 7) is 9.07. The van der Waals surface area contributed by atoms with Gasteiger partial charge in [0.2, 0.25) is 0 Å². The first-order chi connectivity index (χ1) is 9.34. The molecule has 0 amide bonds. The van der Waals surface area contributed by atoms with E-state index < -0.39 is 0 Å². The van der Waals surface area contributed by atoms with Gasteiger partial charge in [0.15, 0.2) is 6.29 Å². The maximum atomic E-state index is 7.69. The number of nitrogens with zero attached hydrogens (tertiary/aromatic N) is 1. The summed E-state index contributed by atoms with van der Waals surface area (Å²) in [5.41, 5.74) is 2.22. The van der Waals surface area contributed by atoms with Crippen LogP contribution in [-0.2, 0) is 21.4 Å². The lowest BCUT2D eigenvalue weighted by atomic mass is 9.74. The van der Waals surface area contributed by atoms with E-state index in [0.29, 0.717) is 13.2 Å². The first-order valence-electron chi connectivity index (χ1n) is 7.04. The van der Waals surface area contributed by atoms with E-state index in [0.717, 1.165) is 32.1 Å². The zero-order valence-electron chi connectivity index (χ0n) is 11.1. The molecule has 3 nitrogen and oxygen atoms in total. The van der Waals surface area contributed by atoms with E-state index in [4.69, 9.17) is 16.0 Å². The monoisotopic (exact) mass is 257 g/mol. The Morgan fingerprint density at radius 1 is 1.26 bits per heavy atom. The van der Waals surface area contributed by atoms with E-state index in [1.54, 1.807) is 0 Å². The molecule has 1 aromatic rings. The summed E-state index contributed by atoms with van der Waals surface area (Å²) < 4.78 is 11.0. The fraction of sp³-hybridized carbons (Fsp3) is 0.562.